The van der Waals surface area contributed by atoms with Gasteiger partial charge < -0.3 is 29.7 Å². The van der Waals surface area contributed by atoms with E-state index in [1.807, 2.05) is 0 Å². The number of ether oxygens (including phenoxy) is 3. The van der Waals surface area contributed by atoms with Crippen LogP contribution in [0.5, 0.6) is 17.2 Å². The highest BCUT2D eigenvalue weighted by atomic mass is 35.5. The fourth-order valence-corrected chi connectivity index (χ4v) is 5.47. The molecule has 0 fully saturated rings. The van der Waals surface area contributed by atoms with E-state index in [0.29, 0.717) is 60.6 Å². The van der Waals surface area contributed by atoms with Crippen LogP contribution in [-0.2, 0) is 19.8 Å². The second kappa shape index (κ2) is 13.5. The first-order valence-electron chi connectivity index (χ1n) is 14.2. The van der Waals surface area contributed by atoms with Gasteiger partial charge in [-0.15, -0.1) is 0 Å². The fourth-order valence-electron chi connectivity index (χ4n) is 5.11. The quantitative estimate of drug-likeness (QED) is 0.120. The molecule has 3 heterocycles. The molecule has 6 rings (SSSR count). The second-order valence-corrected chi connectivity index (χ2v) is 11.2. The minimum absolute atomic E-state index is 0.0244. The zero-order valence-corrected chi connectivity index (χ0v) is 26.2. The number of anilines is 1. The molecule has 238 valence electrons. The van der Waals surface area contributed by atoms with E-state index in [-0.39, 0.29) is 36.8 Å². The molecule has 47 heavy (non-hydrogen) atoms. The molecule has 11 nitrogen and oxygen atoms in total. The number of aromatic nitrogens is 3. The standard InChI is InChI=1S/C34H26Cl2N4O7/c1-45-30-12-22(36)5-4-19(30)17-46-29-8-9-31-39-24(16-40(31)32(29)34(43)44)18-47-28-7-6-21(35)11-20(28)15-38-23-13-26(33(41)42)25-3-2-10-37-27(25)14-23/h2-14,16,38H,15,17-18H2,1H3,(H,41,42)(H,43,44). The molecule has 3 aromatic carbocycles. The van der Waals surface area contributed by atoms with Gasteiger partial charge in [0, 0.05) is 51.2 Å². The van der Waals surface area contributed by atoms with E-state index in [9.17, 15) is 19.8 Å². The van der Waals surface area contributed by atoms with Gasteiger partial charge in [-0.05, 0) is 60.7 Å². The highest BCUT2D eigenvalue weighted by Crippen LogP contribution is 2.29. The summed E-state index contributed by atoms with van der Waals surface area (Å²) in [4.78, 5) is 33.1. The van der Waals surface area contributed by atoms with E-state index in [1.165, 1.54) is 11.5 Å². The average molecular weight is 674 g/mol. The third-order valence-corrected chi connectivity index (χ3v) is 7.78. The van der Waals surface area contributed by atoms with Crippen LogP contribution < -0.4 is 19.5 Å². The Hall–Kier alpha value is -5.52. The first-order valence-corrected chi connectivity index (χ1v) is 14.9. The molecule has 0 radical (unpaired) electrons. The number of pyridine rings is 2. The van der Waals surface area contributed by atoms with Gasteiger partial charge in [0.05, 0.1) is 23.9 Å². The van der Waals surface area contributed by atoms with Crippen LogP contribution in [0, 0.1) is 0 Å². The Kier molecular flexibility index (Phi) is 9.01. The van der Waals surface area contributed by atoms with Crippen LogP contribution >= 0.6 is 23.2 Å². The van der Waals surface area contributed by atoms with E-state index in [0.717, 1.165) is 0 Å². The Morgan fingerprint density at radius 1 is 0.851 bits per heavy atom. The molecule has 3 aromatic heterocycles. The molecule has 0 saturated carbocycles. The summed E-state index contributed by atoms with van der Waals surface area (Å²) in [6.45, 7) is 0.342. The summed E-state index contributed by atoms with van der Waals surface area (Å²) >= 11 is 12.4. The number of carbonyl (C=O) groups is 2. The van der Waals surface area contributed by atoms with E-state index >= 15 is 0 Å². The average Bonchev–Trinajstić information content (AvgIpc) is 3.48. The van der Waals surface area contributed by atoms with Crippen LogP contribution in [0.4, 0.5) is 5.69 Å². The predicted octanol–water partition coefficient (Wildman–Crippen LogP) is 7.36. The zero-order valence-electron chi connectivity index (χ0n) is 24.7. The van der Waals surface area contributed by atoms with Crippen LogP contribution in [-0.4, -0.2) is 43.6 Å². The first-order chi connectivity index (χ1) is 22.7. The van der Waals surface area contributed by atoms with Crippen LogP contribution in [0.25, 0.3) is 16.6 Å². The summed E-state index contributed by atoms with van der Waals surface area (Å²) in [7, 11) is 1.52. The molecule has 0 atom stereocenters. The lowest BCUT2D eigenvalue weighted by molar-refractivity contribution is 0.0677. The van der Waals surface area contributed by atoms with Crippen molar-refractivity contribution in [2.45, 2.75) is 19.8 Å². The number of nitrogens with one attached hydrogen (secondary N) is 1. The van der Waals surface area contributed by atoms with Gasteiger partial charge in [-0.2, -0.15) is 0 Å². The molecule has 6 aromatic rings. The Labute approximate surface area is 277 Å². The maximum Gasteiger partial charge on any atom is 0.356 e. The lowest BCUT2D eigenvalue weighted by atomic mass is 10.1. The summed E-state index contributed by atoms with van der Waals surface area (Å²) in [5, 5.41) is 24.6. The number of benzene rings is 3. The molecule has 0 saturated heterocycles. The van der Waals surface area contributed by atoms with Crippen molar-refractivity contribution >= 4 is 57.4 Å². The van der Waals surface area contributed by atoms with Gasteiger partial charge in [0.15, 0.2) is 11.4 Å². The fraction of sp³-hybridized carbons (Fsp3) is 0.118. The molecular formula is C34H26Cl2N4O7. The molecule has 3 N–H and O–H groups in total. The second-order valence-electron chi connectivity index (χ2n) is 10.3. The zero-order chi connectivity index (χ0) is 33.1. The summed E-state index contributed by atoms with van der Waals surface area (Å²) < 4.78 is 18.8. The molecule has 0 aliphatic carbocycles. The minimum atomic E-state index is -1.19. The smallest absolute Gasteiger partial charge is 0.356 e. The van der Waals surface area contributed by atoms with Gasteiger partial charge in [0.2, 0.25) is 0 Å². The summed E-state index contributed by atoms with van der Waals surface area (Å²) in [5.41, 5.74) is 3.42. The highest BCUT2D eigenvalue weighted by Gasteiger charge is 2.19. The Morgan fingerprint density at radius 3 is 2.40 bits per heavy atom. The number of imidazole rings is 1. The number of halogens is 2. The van der Waals surface area contributed by atoms with Crippen molar-refractivity contribution in [3.05, 3.63) is 123 Å². The number of rotatable bonds is 12. The third kappa shape index (κ3) is 6.86. The van der Waals surface area contributed by atoms with Gasteiger partial charge in [-0.3, -0.25) is 9.38 Å². The Morgan fingerprint density at radius 2 is 1.62 bits per heavy atom. The minimum Gasteiger partial charge on any atom is -0.496 e. The van der Waals surface area contributed by atoms with Gasteiger partial charge >= 0.3 is 11.9 Å². The molecule has 0 amide bonds. The van der Waals surface area contributed by atoms with Gasteiger partial charge in [0.25, 0.3) is 0 Å². The largest absolute Gasteiger partial charge is 0.496 e. The molecule has 13 heteroatoms. The third-order valence-electron chi connectivity index (χ3n) is 7.31. The van der Waals surface area contributed by atoms with Crippen LogP contribution in [0.15, 0.2) is 85.2 Å². The predicted molar refractivity (Wildman–Crippen MR) is 176 cm³/mol. The number of methoxy groups -OCH3 is 1. The number of carboxylic acid groups (broad SMARTS) is 2. The summed E-state index contributed by atoms with van der Waals surface area (Å²) in [6.07, 6.45) is 3.18. The van der Waals surface area contributed by atoms with E-state index < -0.39 is 11.9 Å². The molecular weight excluding hydrogens is 647 g/mol. The Bertz CT molecular complexity index is 2150. The van der Waals surface area contributed by atoms with Crippen LogP contribution in [0.1, 0.15) is 37.7 Å². The number of nitrogens with zero attached hydrogens (tertiary/aromatic N) is 3. The van der Waals surface area contributed by atoms with Gasteiger partial charge in [-0.25, -0.2) is 14.6 Å². The van der Waals surface area contributed by atoms with Crippen molar-refractivity contribution in [2.75, 3.05) is 12.4 Å². The maximum absolute atomic E-state index is 12.3. The molecule has 0 aliphatic heterocycles. The van der Waals surface area contributed by atoms with Crippen molar-refractivity contribution in [2.24, 2.45) is 0 Å². The molecule has 0 bridgehead atoms. The van der Waals surface area contributed by atoms with Crippen molar-refractivity contribution < 1.29 is 34.0 Å². The lowest BCUT2D eigenvalue weighted by Gasteiger charge is -2.14. The van der Waals surface area contributed by atoms with Crippen LogP contribution in [0.2, 0.25) is 10.0 Å². The van der Waals surface area contributed by atoms with E-state index in [1.54, 1.807) is 85.2 Å². The number of aromatic carboxylic acids is 2. The highest BCUT2D eigenvalue weighted by molar-refractivity contribution is 6.31. The van der Waals surface area contributed by atoms with Crippen LogP contribution in [0.3, 0.4) is 0 Å². The number of carboxylic acids is 2. The number of hydrogen-bond donors (Lipinski definition) is 3. The van der Waals surface area contributed by atoms with E-state index in [2.05, 4.69) is 15.3 Å². The molecule has 0 unspecified atom stereocenters. The topological polar surface area (TPSA) is 145 Å². The SMILES string of the molecule is COc1cc(Cl)ccc1COc1ccc2nc(COc3ccc(Cl)cc3CNc3cc(C(=O)O)c4cccnc4c3)cn2c1C(=O)O. The summed E-state index contributed by atoms with van der Waals surface area (Å²) in [6, 6.07) is 20.2. The normalized spacial score (nSPS) is 11.0. The number of hydrogen-bond acceptors (Lipinski definition) is 8. The maximum atomic E-state index is 12.3. The van der Waals surface area contributed by atoms with Crippen molar-refractivity contribution in [1.82, 2.24) is 14.4 Å². The summed E-state index contributed by atoms with van der Waals surface area (Å²) in [5.74, 6) is -1.07. The molecule has 0 aliphatic rings. The Balaban J connectivity index is 1.20. The monoisotopic (exact) mass is 672 g/mol. The van der Waals surface area contributed by atoms with Crippen molar-refractivity contribution in [3.63, 3.8) is 0 Å². The first kappa shape index (κ1) is 31.5. The number of fused-ring (bicyclic) bond motifs is 2. The van der Waals surface area contributed by atoms with Crippen molar-refractivity contribution in [1.29, 1.82) is 0 Å². The van der Waals surface area contributed by atoms with Gasteiger partial charge in [-0.1, -0.05) is 35.3 Å². The lowest BCUT2D eigenvalue weighted by Crippen LogP contribution is -2.09. The van der Waals surface area contributed by atoms with Gasteiger partial charge in [0.1, 0.15) is 30.4 Å². The van der Waals surface area contributed by atoms with E-state index in [4.69, 9.17) is 37.4 Å². The molecule has 0 spiro atoms. The van der Waals surface area contributed by atoms with Crippen molar-refractivity contribution in [3.8, 4) is 17.2 Å².